The minimum atomic E-state index is 0.303. The molecule has 0 aromatic carbocycles. The number of aromatic nitrogens is 2. The van der Waals surface area contributed by atoms with Crippen molar-refractivity contribution in [2.75, 3.05) is 6.61 Å². The van der Waals surface area contributed by atoms with E-state index in [9.17, 15) is 0 Å². The summed E-state index contributed by atoms with van der Waals surface area (Å²) in [6, 6.07) is 1.89. The number of hydrogen-bond donors (Lipinski definition) is 0. The van der Waals surface area contributed by atoms with Gasteiger partial charge in [-0.2, -0.15) is 5.26 Å². The van der Waals surface area contributed by atoms with Gasteiger partial charge in [-0.1, -0.05) is 13.8 Å². The van der Waals surface area contributed by atoms with E-state index in [-0.39, 0.29) is 0 Å². The van der Waals surface area contributed by atoms with Gasteiger partial charge in [0, 0.05) is 0 Å². The Bertz CT molecular complexity index is 300. The first kappa shape index (κ1) is 9.46. The fraction of sp³-hybridized carbons (Fsp3) is 0.444. The molecule has 0 fully saturated rings. The first-order valence-corrected chi connectivity index (χ1v) is 4.07. The normalized spacial score (nSPS) is 9.69. The van der Waals surface area contributed by atoms with E-state index in [4.69, 9.17) is 10.00 Å². The second-order valence-corrected chi connectivity index (χ2v) is 3.06. The van der Waals surface area contributed by atoms with Gasteiger partial charge in [-0.05, 0) is 5.92 Å². The molecule has 0 aliphatic heterocycles. The van der Waals surface area contributed by atoms with Crippen LogP contribution in [-0.2, 0) is 0 Å². The molecule has 0 radical (unpaired) electrons. The van der Waals surface area contributed by atoms with Crippen molar-refractivity contribution in [2.45, 2.75) is 13.8 Å². The van der Waals surface area contributed by atoms with Gasteiger partial charge >= 0.3 is 0 Å². The summed E-state index contributed by atoms with van der Waals surface area (Å²) in [5, 5.41) is 8.45. The molecule has 0 N–H and O–H groups in total. The Kier molecular flexibility index (Phi) is 3.21. The molecule has 4 nitrogen and oxygen atoms in total. The maximum Gasteiger partial charge on any atom is 0.232 e. The maximum absolute atomic E-state index is 8.45. The number of nitrogens with zero attached hydrogens (tertiary/aromatic N) is 3. The van der Waals surface area contributed by atoms with Gasteiger partial charge in [-0.15, -0.1) is 0 Å². The number of nitriles is 1. The predicted molar refractivity (Wildman–Crippen MR) is 47.1 cm³/mol. The van der Waals surface area contributed by atoms with Gasteiger partial charge in [0.05, 0.1) is 19.0 Å². The second kappa shape index (κ2) is 4.41. The zero-order chi connectivity index (χ0) is 9.68. The first-order chi connectivity index (χ1) is 6.22. The van der Waals surface area contributed by atoms with E-state index in [0.717, 1.165) is 0 Å². The number of rotatable bonds is 3. The Balaban J connectivity index is 2.55. The average molecular weight is 177 g/mol. The van der Waals surface area contributed by atoms with Crippen LogP contribution in [0.3, 0.4) is 0 Å². The number of ether oxygens (including phenoxy) is 1. The molecule has 13 heavy (non-hydrogen) atoms. The van der Waals surface area contributed by atoms with E-state index in [0.29, 0.717) is 24.1 Å². The van der Waals surface area contributed by atoms with Crippen LogP contribution in [0.1, 0.15) is 19.5 Å². The Hall–Kier alpha value is -1.63. The number of hydrogen-bond acceptors (Lipinski definition) is 4. The summed E-state index contributed by atoms with van der Waals surface area (Å²) in [6.07, 6.45) is 2.86. The summed E-state index contributed by atoms with van der Waals surface area (Å²) in [6.45, 7) is 4.72. The highest BCUT2D eigenvalue weighted by Gasteiger charge is 1.98. The molecular formula is C9H11N3O. The van der Waals surface area contributed by atoms with Crippen LogP contribution < -0.4 is 4.74 Å². The van der Waals surface area contributed by atoms with Crippen molar-refractivity contribution in [1.82, 2.24) is 9.97 Å². The van der Waals surface area contributed by atoms with Gasteiger partial charge in [0.2, 0.25) is 5.88 Å². The van der Waals surface area contributed by atoms with Gasteiger partial charge in [0.15, 0.2) is 5.69 Å². The molecule has 0 saturated heterocycles. The molecule has 0 atom stereocenters. The van der Waals surface area contributed by atoms with Crippen molar-refractivity contribution >= 4 is 0 Å². The smallest absolute Gasteiger partial charge is 0.232 e. The van der Waals surface area contributed by atoms with Crippen molar-refractivity contribution in [3.63, 3.8) is 0 Å². The molecule has 68 valence electrons. The third kappa shape index (κ3) is 3.08. The molecule has 0 bridgehead atoms. The lowest BCUT2D eigenvalue weighted by atomic mass is 10.2. The van der Waals surface area contributed by atoms with Crippen LogP contribution in [0.2, 0.25) is 0 Å². The standard InChI is InChI=1S/C9H11N3O/c1-7(2)6-13-9-5-11-8(3-10)4-12-9/h4-5,7H,6H2,1-2H3. The molecule has 0 amide bonds. The fourth-order valence-corrected chi connectivity index (χ4v) is 0.701. The highest BCUT2D eigenvalue weighted by molar-refractivity contribution is 5.18. The molecule has 1 aromatic rings. The summed E-state index contributed by atoms with van der Waals surface area (Å²) in [7, 11) is 0. The van der Waals surface area contributed by atoms with E-state index >= 15 is 0 Å². The summed E-state index contributed by atoms with van der Waals surface area (Å²) >= 11 is 0. The fourth-order valence-electron chi connectivity index (χ4n) is 0.701. The Morgan fingerprint density at radius 1 is 1.46 bits per heavy atom. The van der Waals surface area contributed by atoms with Gasteiger partial charge in [0.1, 0.15) is 6.07 Å². The lowest BCUT2D eigenvalue weighted by molar-refractivity contribution is 0.260. The summed E-state index contributed by atoms with van der Waals surface area (Å²) in [5.41, 5.74) is 0.303. The Labute approximate surface area is 77.2 Å². The van der Waals surface area contributed by atoms with Crippen LogP contribution in [0.5, 0.6) is 5.88 Å². The molecular weight excluding hydrogens is 166 g/mol. The monoisotopic (exact) mass is 177 g/mol. The van der Waals surface area contributed by atoms with Crippen molar-refractivity contribution in [3.05, 3.63) is 18.1 Å². The molecule has 4 heteroatoms. The zero-order valence-corrected chi connectivity index (χ0v) is 7.69. The molecule has 0 unspecified atom stereocenters. The molecule has 0 aliphatic rings. The largest absolute Gasteiger partial charge is 0.476 e. The van der Waals surface area contributed by atoms with Crippen LogP contribution in [0, 0.1) is 17.2 Å². The van der Waals surface area contributed by atoms with Crippen LogP contribution in [0.15, 0.2) is 12.4 Å². The zero-order valence-electron chi connectivity index (χ0n) is 7.69. The highest BCUT2D eigenvalue weighted by atomic mass is 16.5. The highest BCUT2D eigenvalue weighted by Crippen LogP contribution is 2.05. The van der Waals surface area contributed by atoms with E-state index in [1.165, 1.54) is 12.4 Å². The molecule has 0 spiro atoms. The first-order valence-electron chi connectivity index (χ1n) is 4.07. The summed E-state index contributed by atoms with van der Waals surface area (Å²) < 4.78 is 5.28. The van der Waals surface area contributed by atoms with Gasteiger partial charge in [0.25, 0.3) is 0 Å². The molecule has 1 heterocycles. The Morgan fingerprint density at radius 2 is 2.23 bits per heavy atom. The molecule has 0 aliphatic carbocycles. The van der Waals surface area contributed by atoms with E-state index < -0.39 is 0 Å². The summed E-state index contributed by atoms with van der Waals surface area (Å²) in [5.74, 6) is 0.921. The minimum absolute atomic E-state index is 0.303. The average Bonchev–Trinajstić information content (AvgIpc) is 2.15. The van der Waals surface area contributed by atoms with Crippen LogP contribution in [0.4, 0.5) is 0 Å². The SMILES string of the molecule is CC(C)COc1cnc(C#N)cn1. The van der Waals surface area contributed by atoms with Gasteiger partial charge < -0.3 is 4.74 Å². The maximum atomic E-state index is 8.45. The molecule has 1 rings (SSSR count). The quantitative estimate of drug-likeness (QED) is 0.699. The predicted octanol–water partition coefficient (Wildman–Crippen LogP) is 1.38. The third-order valence-corrected chi connectivity index (χ3v) is 1.31. The lowest BCUT2D eigenvalue weighted by Crippen LogP contribution is -2.05. The lowest BCUT2D eigenvalue weighted by Gasteiger charge is -2.06. The van der Waals surface area contributed by atoms with Crippen molar-refractivity contribution in [1.29, 1.82) is 5.26 Å². The Morgan fingerprint density at radius 3 is 2.69 bits per heavy atom. The summed E-state index contributed by atoms with van der Waals surface area (Å²) in [4.78, 5) is 7.74. The van der Waals surface area contributed by atoms with E-state index in [1.54, 1.807) is 0 Å². The molecule has 0 saturated carbocycles. The van der Waals surface area contributed by atoms with Crippen LogP contribution in [-0.4, -0.2) is 16.6 Å². The van der Waals surface area contributed by atoms with Crippen LogP contribution in [0.25, 0.3) is 0 Å². The second-order valence-electron chi connectivity index (χ2n) is 3.06. The third-order valence-electron chi connectivity index (χ3n) is 1.31. The topological polar surface area (TPSA) is 58.8 Å². The van der Waals surface area contributed by atoms with Gasteiger partial charge in [-0.25, -0.2) is 9.97 Å². The van der Waals surface area contributed by atoms with Crippen LogP contribution >= 0.6 is 0 Å². The van der Waals surface area contributed by atoms with E-state index in [1.807, 2.05) is 6.07 Å². The minimum Gasteiger partial charge on any atom is -0.476 e. The van der Waals surface area contributed by atoms with Crippen molar-refractivity contribution < 1.29 is 4.74 Å². The van der Waals surface area contributed by atoms with E-state index in [2.05, 4.69) is 23.8 Å². The molecule has 1 aromatic heterocycles. The van der Waals surface area contributed by atoms with Crippen molar-refractivity contribution in [2.24, 2.45) is 5.92 Å². The van der Waals surface area contributed by atoms with Crippen molar-refractivity contribution in [3.8, 4) is 11.9 Å². The van der Waals surface area contributed by atoms with Gasteiger partial charge in [-0.3, -0.25) is 0 Å².